The largest absolute Gasteiger partial charge is 0.308 e. The third-order valence-electron chi connectivity index (χ3n) is 5.75. The van der Waals surface area contributed by atoms with Gasteiger partial charge in [-0.3, -0.25) is 19.3 Å². The van der Waals surface area contributed by atoms with Gasteiger partial charge in [0.15, 0.2) is 0 Å². The van der Waals surface area contributed by atoms with Crippen LogP contribution >= 0.6 is 0 Å². The minimum Gasteiger partial charge on any atom is -0.308 e. The summed E-state index contributed by atoms with van der Waals surface area (Å²) in [5.41, 5.74) is 4.31. The van der Waals surface area contributed by atoms with E-state index in [4.69, 9.17) is 0 Å². The lowest BCUT2D eigenvalue weighted by molar-refractivity contribution is 0.0642. The lowest BCUT2D eigenvalue weighted by Gasteiger charge is -2.29. The maximum Gasteiger partial charge on any atom is 0.261 e. The number of aryl methyl sites for hydroxylation is 1. The van der Waals surface area contributed by atoms with E-state index in [1.807, 2.05) is 29.2 Å². The molecule has 3 aromatic carbocycles. The molecule has 0 atom stereocenters. The molecule has 0 unspecified atom stereocenters. The molecule has 0 N–H and O–H groups in total. The van der Waals surface area contributed by atoms with E-state index in [1.165, 1.54) is 10.5 Å². The number of benzene rings is 3. The molecule has 3 amide bonds. The van der Waals surface area contributed by atoms with Crippen LogP contribution in [0.2, 0.25) is 0 Å². The average Bonchev–Trinajstić information content (AvgIpc) is 3.03. The number of hydrogen-bond acceptors (Lipinski definition) is 3. The van der Waals surface area contributed by atoms with Crippen molar-refractivity contribution in [2.75, 3.05) is 11.4 Å². The molecule has 0 bridgehead atoms. The second-order valence-electron chi connectivity index (χ2n) is 7.63. The Hall–Kier alpha value is -3.73. The van der Waals surface area contributed by atoms with E-state index in [-0.39, 0.29) is 24.3 Å². The van der Waals surface area contributed by atoms with Gasteiger partial charge in [-0.25, -0.2) is 0 Å². The second kappa shape index (κ2) is 7.26. The highest BCUT2D eigenvalue weighted by molar-refractivity contribution is 6.21. The van der Waals surface area contributed by atoms with Gasteiger partial charge in [0.05, 0.1) is 17.7 Å². The molecule has 2 heterocycles. The van der Waals surface area contributed by atoms with Crippen LogP contribution in [0.4, 0.5) is 5.69 Å². The van der Waals surface area contributed by atoms with Crippen LogP contribution in [-0.4, -0.2) is 29.2 Å². The highest BCUT2D eigenvalue weighted by atomic mass is 16.2. The van der Waals surface area contributed by atoms with Crippen LogP contribution in [0.15, 0.2) is 72.8 Å². The molecule has 148 valence electrons. The molecule has 0 saturated heterocycles. The summed E-state index contributed by atoms with van der Waals surface area (Å²) in [6.07, 6.45) is 1.90. The van der Waals surface area contributed by atoms with Gasteiger partial charge in [0.25, 0.3) is 17.7 Å². The standard InChI is InChI=1S/C25H20N2O3/c28-23(26-14-6-10-18-8-1-4-13-22(18)26)19-9-5-7-17(15-19)16-27-24(29)20-11-2-3-12-21(20)25(27)30/h1-5,7-9,11-13,15H,6,10,14,16H2. The van der Waals surface area contributed by atoms with Crippen LogP contribution in [0.25, 0.3) is 0 Å². The van der Waals surface area contributed by atoms with Gasteiger partial charge in [-0.1, -0.05) is 42.5 Å². The highest BCUT2D eigenvalue weighted by Gasteiger charge is 2.35. The van der Waals surface area contributed by atoms with Crippen molar-refractivity contribution in [1.29, 1.82) is 0 Å². The van der Waals surface area contributed by atoms with E-state index in [0.717, 1.165) is 24.1 Å². The van der Waals surface area contributed by atoms with E-state index in [2.05, 4.69) is 6.07 Å². The Kier molecular flexibility index (Phi) is 4.43. The zero-order valence-electron chi connectivity index (χ0n) is 16.4. The van der Waals surface area contributed by atoms with Crippen LogP contribution < -0.4 is 4.90 Å². The molecule has 5 heteroatoms. The predicted molar refractivity (Wildman–Crippen MR) is 114 cm³/mol. The summed E-state index contributed by atoms with van der Waals surface area (Å²) < 4.78 is 0. The summed E-state index contributed by atoms with van der Waals surface area (Å²) >= 11 is 0. The fourth-order valence-electron chi connectivity index (χ4n) is 4.27. The van der Waals surface area contributed by atoms with Gasteiger partial charge in [0, 0.05) is 17.8 Å². The Bertz CT molecular complexity index is 1150. The fraction of sp³-hybridized carbons (Fsp3) is 0.160. The Morgan fingerprint density at radius 3 is 2.30 bits per heavy atom. The Balaban J connectivity index is 1.40. The van der Waals surface area contributed by atoms with E-state index >= 15 is 0 Å². The van der Waals surface area contributed by atoms with Gasteiger partial charge >= 0.3 is 0 Å². The third kappa shape index (κ3) is 2.99. The quantitative estimate of drug-likeness (QED) is 0.627. The first-order valence-electron chi connectivity index (χ1n) is 10.1. The van der Waals surface area contributed by atoms with E-state index in [0.29, 0.717) is 23.2 Å². The van der Waals surface area contributed by atoms with Gasteiger partial charge < -0.3 is 4.90 Å². The number of rotatable bonds is 3. The SMILES string of the molecule is O=C1c2ccccc2C(=O)N1Cc1cccc(C(=O)N2CCCc3ccccc32)c1. The summed E-state index contributed by atoms with van der Waals surface area (Å²) in [6.45, 7) is 0.822. The van der Waals surface area contributed by atoms with Crippen LogP contribution in [0.3, 0.4) is 0 Å². The monoisotopic (exact) mass is 396 g/mol. The second-order valence-corrected chi connectivity index (χ2v) is 7.63. The Morgan fingerprint density at radius 2 is 1.53 bits per heavy atom. The minimum absolute atomic E-state index is 0.0636. The maximum atomic E-state index is 13.2. The van der Waals surface area contributed by atoms with Crippen LogP contribution in [0.1, 0.15) is 48.6 Å². The lowest BCUT2D eigenvalue weighted by atomic mass is 10.0. The first kappa shape index (κ1) is 18.3. The number of hydrogen-bond donors (Lipinski definition) is 0. The smallest absolute Gasteiger partial charge is 0.261 e. The number of amides is 3. The zero-order valence-corrected chi connectivity index (χ0v) is 16.4. The molecule has 2 aliphatic rings. The van der Waals surface area contributed by atoms with Gasteiger partial charge in [0.2, 0.25) is 0 Å². The van der Waals surface area contributed by atoms with Crippen LogP contribution in [-0.2, 0) is 13.0 Å². The summed E-state index contributed by atoms with van der Waals surface area (Å²) in [6, 6.07) is 22.0. The molecule has 3 aromatic rings. The Labute approximate surface area is 174 Å². The van der Waals surface area contributed by atoms with Gasteiger partial charge in [-0.2, -0.15) is 0 Å². The lowest BCUT2D eigenvalue weighted by Crippen LogP contribution is -2.35. The van der Waals surface area contributed by atoms with Crippen LogP contribution in [0.5, 0.6) is 0 Å². The number of fused-ring (bicyclic) bond motifs is 2. The number of para-hydroxylation sites is 1. The number of anilines is 1. The van der Waals surface area contributed by atoms with Crippen molar-refractivity contribution in [3.63, 3.8) is 0 Å². The predicted octanol–water partition coefficient (Wildman–Crippen LogP) is 4.08. The van der Waals surface area contributed by atoms with Crippen molar-refractivity contribution in [3.05, 3.63) is 101 Å². The van der Waals surface area contributed by atoms with Crippen molar-refractivity contribution in [2.24, 2.45) is 0 Å². The third-order valence-corrected chi connectivity index (χ3v) is 5.75. The summed E-state index contributed by atoms with van der Waals surface area (Å²) in [5, 5.41) is 0. The molecule has 0 aromatic heterocycles. The fourth-order valence-corrected chi connectivity index (χ4v) is 4.27. The van der Waals surface area contributed by atoms with E-state index < -0.39 is 0 Å². The molecule has 5 rings (SSSR count). The first-order valence-corrected chi connectivity index (χ1v) is 10.1. The van der Waals surface area contributed by atoms with Crippen molar-refractivity contribution < 1.29 is 14.4 Å². The highest BCUT2D eigenvalue weighted by Crippen LogP contribution is 2.29. The summed E-state index contributed by atoms with van der Waals surface area (Å²) in [7, 11) is 0. The average molecular weight is 396 g/mol. The van der Waals surface area contributed by atoms with Gasteiger partial charge in [0.1, 0.15) is 0 Å². The molecule has 5 nitrogen and oxygen atoms in total. The normalized spacial score (nSPS) is 15.2. The van der Waals surface area contributed by atoms with E-state index in [9.17, 15) is 14.4 Å². The first-order chi connectivity index (χ1) is 14.6. The number of carbonyl (C=O) groups is 3. The zero-order chi connectivity index (χ0) is 20.7. The van der Waals surface area contributed by atoms with Crippen molar-refractivity contribution in [3.8, 4) is 0 Å². The summed E-state index contributed by atoms with van der Waals surface area (Å²) in [4.78, 5) is 41.6. The molecule has 0 radical (unpaired) electrons. The number of imide groups is 1. The minimum atomic E-state index is -0.294. The molecule has 0 spiro atoms. The van der Waals surface area contributed by atoms with Crippen molar-refractivity contribution in [2.45, 2.75) is 19.4 Å². The van der Waals surface area contributed by atoms with Crippen molar-refractivity contribution >= 4 is 23.4 Å². The molecule has 2 aliphatic heterocycles. The molecule has 30 heavy (non-hydrogen) atoms. The molecular formula is C25H20N2O3. The molecule has 0 fully saturated rings. The van der Waals surface area contributed by atoms with Gasteiger partial charge in [-0.05, 0) is 54.3 Å². The number of nitrogens with zero attached hydrogens (tertiary/aromatic N) is 2. The summed E-state index contributed by atoms with van der Waals surface area (Å²) in [5.74, 6) is -0.652. The van der Waals surface area contributed by atoms with Crippen LogP contribution in [0, 0.1) is 0 Å². The number of carbonyl (C=O) groups excluding carboxylic acids is 3. The van der Waals surface area contributed by atoms with E-state index in [1.54, 1.807) is 42.5 Å². The molecule has 0 aliphatic carbocycles. The maximum absolute atomic E-state index is 13.2. The molecular weight excluding hydrogens is 376 g/mol. The van der Waals surface area contributed by atoms with Crippen molar-refractivity contribution in [1.82, 2.24) is 4.90 Å². The Morgan fingerprint density at radius 1 is 0.833 bits per heavy atom. The van der Waals surface area contributed by atoms with Gasteiger partial charge in [-0.15, -0.1) is 0 Å². The topological polar surface area (TPSA) is 57.7 Å². The molecule has 0 saturated carbocycles.